The highest BCUT2D eigenvalue weighted by molar-refractivity contribution is 9.10. The van der Waals surface area contributed by atoms with Crippen molar-refractivity contribution in [2.45, 2.75) is 63.6 Å². The largest absolute Gasteiger partial charge is 0.451 e. The summed E-state index contributed by atoms with van der Waals surface area (Å²) in [5, 5.41) is 11.2. The van der Waals surface area contributed by atoms with E-state index in [0.29, 0.717) is 27.3 Å². The molecule has 46 heavy (non-hydrogen) atoms. The second-order valence-corrected chi connectivity index (χ2v) is 13.6. The quantitative estimate of drug-likeness (QED) is 0.224. The van der Waals surface area contributed by atoms with E-state index in [1.807, 2.05) is 0 Å². The van der Waals surface area contributed by atoms with Crippen LogP contribution in [0, 0.1) is 23.7 Å². The van der Waals surface area contributed by atoms with Crippen molar-refractivity contribution in [1.29, 1.82) is 0 Å². The van der Waals surface area contributed by atoms with Gasteiger partial charge in [-0.3, -0.25) is 28.8 Å². The van der Waals surface area contributed by atoms with Gasteiger partial charge in [0, 0.05) is 35.6 Å². The monoisotopic (exact) mass is 693 g/mol. The van der Waals surface area contributed by atoms with Gasteiger partial charge in [-0.1, -0.05) is 22.0 Å². The molecule has 0 saturated heterocycles. The Morgan fingerprint density at radius 3 is 2.39 bits per heavy atom. The summed E-state index contributed by atoms with van der Waals surface area (Å²) < 4.78 is 7.60. The molecule has 4 aliphatic carbocycles. The van der Waals surface area contributed by atoms with Crippen molar-refractivity contribution < 1.29 is 28.4 Å². The van der Waals surface area contributed by atoms with E-state index in [1.54, 1.807) is 24.3 Å². The molecule has 4 fully saturated rings. The smallest absolute Gasteiger partial charge is 0.287 e. The average Bonchev–Trinajstić information content (AvgIpc) is 3.48. The number of fused-ring (bicyclic) bond motifs is 1. The van der Waals surface area contributed by atoms with Crippen LogP contribution >= 0.6 is 15.9 Å². The van der Waals surface area contributed by atoms with Crippen LogP contribution in [0.4, 0.5) is 5.69 Å². The SMILES string of the molecule is CNC(=O)C(=O)CCC(NC(=O)c1cc2c(Br)cccc2o1)C(=O)Nc1cccn(CC(=O)NC2C3CC4CC(C3)CC2C4)c1=O. The number of halogens is 1. The standard InChI is InChI=1S/C33H36BrN5O7/c1-35-31(43)25(40)8-7-23(36-32(44)27-15-21-22(34)4-2-6-26(21)46-27)30(42)37-24-5-3-9-39(33(24)45)16-28(41)38-29-19-11-17-10-18(13-19)14-20(29)12-17/h2-6,9,15,17-20,23,29H,7-8,10-14,16H2,1H3,(H,35,43)(H,36,44)(H,37,42)(H,38,41). The molecule has 1 atom stereocenters. The van der Waals surface area contributed by atoms with E-state index >= 15 is 0 Å². The van der Waals surface area contributed by atoms with Crippen molar-refractivity contribution in [3.63, 3.8) is 0 Å². The van der Waals surface area contributed by atoms with E-state index < -0.39 is 35.1 Å². The molecular formula is C33H36BrN5O7. The van der Waals surface area contributed by atoms with E-state index in [9.17, 15) is 28.8 Å². The van der Waals surface area contributed by atoms with Crippen LogP contribution in [0.25, 0.3) is 11.0 Å². The third-order valence-corrected chi connectivity index (χ3v) is 10.3. The van der Waals surface area contributed by atoms with Crippen molar-refractivity contribution >= 4 is 62.0 Å². The first-order valence-electron chi connectivity index (χ1n) is 15.6. The molecule has 13 heteroatoms. The van der Waals surface area contributed by atoms with Crippen LogP contribution in [0.5, 0.6) is 0 Å². The highest BCUT2D eigenvalue weighted by atomic mass is 79.9. The average molecular weight is 695 g/mol. The molecule has 2 heterocycles. The number of likely N-dealkylation sites (N-methyl/N-ethyl adjacent to an activating group) is 1. The Kier molecular flexibility index (Phi) is 9.12. The molecule has 4 N–H and O–H groups in total. The summed E-state index contributed by atoms with van der Waals surface area (Å²) in [4.78, 5) is 77.0. The molecular weight excluding hydrogens is 658 g/mol. The molecule has 0 radical (unpaired) electrons. The molecule has 4 amide bonds. The first kappa shape index (κ1) is 31.7. The second-order valence-electron chi connectivity index (χ2n) is 12.7. The summed E-state index contributed by atoms with van der Waals surface area (Å²) in [7, 11) is 1.32. The number of amides is 4. The number of carbonyl (C=O) groups is 5. The summed E-state index contributed by atoms with van der Waals surface area (Å²) >= 11 is 3.41. The van der Waals surface area contributed by atoms with Crippen LogP contribution in [-0.4, -0.2) is 53.1 Å². The molecule has 1 unspecified atom stereocenters. The Balaban J connectivity index is 1.14. The number of hydrogen-bond donors (Lipinski definition) is 4. The van der Waals surface area contributed by atoms with Crippen LogP contribution in [0.3, 0.4) is 0 Å². The first-order valence-corrected chi connectivity index (χ1v) is 16.4. The lowest BCUT2D eigenvalue weighted by Gasteiger charge is -2.54. The number of ketones is 1. The highest BCUT2D eigenvalue weighted by Crippen LogP contribution is 2.53. The molecule has 2 aromatic heterocycles. The van der Waals surface area contributed by atoms with E-state index in [2.05, 4.69) is 37.2 Å². The maximum Gasteiger partial charge on any atom is 0.287 e. The summed E-state index contributed by atoms with van der Waals surface area (Å²) in [5.41, 5.74) is -0.239. The number of carbonyl (C=O) groups excluding carboxylic acids is 5. The maximum absolute atomic E-state index is 13.4. The molecule has 0 aliphatic heterocycles. The van der Waals surface area contributed by atoms with E-state index in [1.165, 1.54) is 36.4 Å². The molecule has 0 spiro atoms. The van der Waals surface area contributed by atoms with Crippen molar-refractivity contribution in [1.82, 2.24) is 20.5 Å². The lowest BCUT2D eigenvalue weighted by molar-refractivity contribution is -0.137. The van der Waals surface area contributed by atoms with Crippen LogP contribution in [0.2, 0.25) is 0 Å². The molecule has 4 aliphatic rings. The minimum atomic E-state index is -1.30. The van der Waals surface area contributed by atoms with Crippen LogP contribution in [0.15, 0.2) is 56.3 Å². The second kappa shape index (κ2) is 13.2. The Labute approximate surface area is 273 Å². The highest BCUT2D eigenvalue weighted by Gasteiger charge is 2.48. The van der Waals surface area contributed by atoms with Crippen molar-refractivity contribution in [3.8, 4) is 0 Å². The van der Waals surface area contributed by atoms with Gasteiger partial charge in [0.05, 0.1) is 0 Å². The number of pyridine rings is 1. The van der Waals surface area contributed by atoms with Crippen LogP contribution in [-0.2, 0) is 25.7 Å². The first-order chi connectivity index (χ1) is 22.1. The van der Waals surface area contributed by atoms with Gasteiger partial charge in [-0.25, -0.2) is 0 Å². The zero-order valence-corrected chi connectivity index (χ0v) is 26.9. The molecule has 1 aromatic carbocycles. The van der Waals surface area contributed by atoms with Gasteiger partial charge < -0.3 is 30.3 Å². The Hall–Kier alpha value is -4.26. The lowest BCUT2D eigenvalue weighted by atomic mass is 9.54. The van der Waals surface area contributed by atoms with E-state index in [-0.39, 0.29) is 42.8 Å². The van der Waals surface area contributed by atoms with Gasteiger partial charge in [-0.05, 0) is 92.5 Å². The fourth-order valence-corrected chi connectivity index (χ4v) is 8.15. The number of aromatic nitrogens is 1. The van der Waals surface area contributed by atoms with Gasteiger partial charge in [0.25, 0.3) is 17.4 Å². The van der Waals surface area contributed by atoms with Crippen molar-refractivity contribution in [3.05, 3.63) is 63.2 Å². The van der Waals surface area contributed by atoms with Gasteiger partial charge in [0.15, 0.2) is 5.76 Å². The molecule has 7 rings (SSSR count). The van der Waals surface area contributed by atoms with Gasteiger partial charge in [-0.2, -0.15) is 0 Å². The third-order valence-electron chi connectivity index (χ3n) is 9.64. The van der Waals surface area contributed by atoms with E-state index in [4.69, 9.17) is 4.42 Å². The predicted molar refractivity (Wildman–Crippen MR) is 172 cm³/mol. The number of hydrogen-bond acceptors (Lipinski definition) is 7. The third kappa shape index (κ3) is 6.64. The molecule has 4 bridgehead atoms. The fraction of sp³-hybridized carbons (Fsp3) is 0.455. The van der Waals surface area contributed by atoms with Gasteiger partial charge >= 0.3 is 0 Å². The maximum atomic E-state index is 13.4. The predicted octanol–water partition coefficient (Wildman–Crippen LogP) is 3.13. The van der Waals surface area contributed by atoms with Crippen LogP contribution in [0.1, 0.15) is 55.5 Å². The lowest BCUT2D eigenvalue weighted by Crippen LogP contribution is -2.56. The molecule has 3 aromatic rings. The normalized spacial score (nSPS) is 23.5. The minimum Gasteiger partial charge on any atom is -0.451 e. The van der Waals surface area contributed by atoms with Gasteiger partial charge in [0.1, 0.15) is 23.9 Å². The number of nitrogens with one attached hydrogen (secondary N) is 4. The molecule has 242 valence electrons. The molecule has 12 nitrogen and oxygen atoms in total. The van der Waals surface area contributed by atoms with Crippen molar-refractivity contribution in [2.24, 2.45) is 23.7 Å². The number of benzene rings is 1. The number of anilines is 1. The summed E-state index contributed by atoms with van der Waals surface area (Å²) in [5.74, 6) is -0.879. The number of Topliss-reactive ketones (excluding diaryl/α,β-unsaturated/α-hetero) is 1. The van der Waals surface area contributed by atoms with Crippen molar-refractivity contribution in [2.75, 3.05) is 12.4 Å². The fourth-order valence-electron chi connectivity index (χ4n) is 7.69. The zero-order chi connectivity index (χ0) is 32.5. The number of rotatable bonds is 11. The number of furan rings is 1. The minimum absolute atomic E-state index is 0.0652. The Bertz CT molecular complexity index is 1740. The Morgan fingerprint density at radius 1 is 1.00 bits per heavy atom. The number of nitrogens with zero attached hydrogens (tertiary/aromatic N) is 1. The zero-order valence-electron chi connectivity index (χ0n) is 25.3. The van der Waals surface area contributed by atoms with Gasteiger partial charge in [0.2, 0.25) is 17.6 Å². The summed E-state index contributed by atoms with van der Waals surface area (Å²) in [6.45, 7) is -0.201. The van der Waals surface area contributed by atoms with Gasteiger partial charge in [-0.15, -0.1) is 0 Å². The summed E-state index contributed by atoms with van der Waals surface area (Å²) in [6, 6.07) is 8.52. The van der Waals surface area contributed by atoms with Crippen LogP contribution < -0.4 is 26.8 Å². The summed E-state index contributed by atoms with van der Waals surface area (Å²) in [6.07, 6.45) is 6.85. The molecule has 4 saturated carbocycles. The topological polar surface area (TPSA) is 169 Å². The Morgan fingerprint density at radius 2 is 1.72 bits per heavy atom. The van der Waals surface area contributed by atoms with E-state index in [0.717, 1.165) is 37.5 Å².